The van der Waals surface area contributed by atoms with Gasteiger partial charge in [0.2, 0.25) is 0 Å². The summed E-state index contributed by atoms with van der Waals surface area (Å²) in [5.74, 6) is -0.355. The average molecular weight is 494 g/mol. The van der Waals surface area contributed by atoms with E-state index in [0.717, 1.165) is 47.8 Å². The van der Waals surface area contributed by atoms with Crippen molar-refractivity contribution in [2.45, 2.75) is 45.7 Å². The summed E-state index contributed by atoms with van der Waals surface area (Å²) in [5, 5.41) is 6.35. The second-order valence-corrected chi connectivity index (χ2v) is 9.57. The van der Waals surface area contributed by atoms with Crippen LogP contribution in [0.5, 0.6) is 0 Å². The molecular formula is C22H28BrN3O3S. The molecule has 30 heavy (non-hydrogen) atoms. The molecular weight excluding hydrogens is 466 g/mol. The zero-order chi connectivity index (χ0) is 21.7. The van der Waals surface area contributed by atoms with Crippen LogP contribution in [-0.4, -0.2) is 37.6 Å². The van der Waals surface area contributed by atoms with Crippen LogP contribution >= 0.6 is 27.3 Å². The molecule has 1 aliphatic carbocycles. The largest absolute Gasteiger partial charge is 0.462 e. The molecule has 0 saturated carbocycles. The topological polar surface area (TPSA) is 70.7 Å². The molecule has 1 aromatic heterocycles. The van der Waals surface area contributed by atoms with Gasteiger partial charge in [0, 0.05) is 22.4 Å². The van der Waals surface area contributed by atoms with Crippen LogP contribution in [0.4, 0.5) is 9.80 Å². The Labute approximate surface area is 190 Å². The first-order valence-corrected chi connectivity index (χ1v) is 11.8. The summed E-state index contributed by atoms with van der Waals surface area (Å²) in [4.78, 5) is 28.4. The van der Waals surface area contributed by atoms with Crippen molar-refractivity contribution < 1.29 is 14.3 Å². The summed E-state index contributed by atoms with van der Waals surface area (Å²) in [5.41, 5.74) is 3.76. The van der Waals surface area contributed by atoms with Crippen LogP contribution in [0.3, 0.4) is 0 Å². The highest BCUT2D eigenvalue weighted by atomic mass is 79.9. The second-order valence-electron chi connectivity index (χ2n) is 7.61. The smallest absolute Gasteiger partial charge is 0.341 e. The van der Waals surface area contributed by atoms with E-state index in [4.69, 9.17) is 4.74 Å². The van der Waals surface area contributed by atoms with Crippen LogP contribution in [0, 0.1) is 0 Å². The quantitative estimate of drug-likeness (QED) is 0.535. The summed E-state index contributed by atoms with van der Waals surface area (Å²) in [6.07, 6.45) is 3.97. The molecule has 6 nitrogen and oxygen atoms in total. The molecule has 8 heteroatoms. The number of ether oxygens (including phenoxy) is 1. The normalized spacial score (nSPS) is 13.1. The number of carbonyl (C=O) groups excluding carboxylic acids is 2. The number of benzene rings is 1. The molecule has 0 saturated heterocycles. The number of hydrogen-bond donors (Lipinski definition) is 2. The first-order chi connectivity index (χ1) is 14.4. The van der Waals surface area contributed by atoms with Gasteiger partial charge in [0.1, 0.15) is 5.00 Å². The molecule has 0 aliphatic heterocycles. The molecule has 0 atom stereocenters. The van der Waals surface area contributed by atoms with Gasteiger partial charge in [0.25, 0.3) is 0 Å². The van der Waals surface area contributed by atoms with E-state index in [1.807, 2.05) is 20.2 Å². The predicted molar refractivity (Wildman–Crippen MR) is 124 cm³/mol. The molecule has 0 bridgehead atoms. The number of anilines is 1. The van der Waals surface area contributed by atoms with Gasteiger partial charge in [-0.15, -0.1) is 11.3 Å². The number of halogens is 1. The standard InChI is InChI=1S/C22H28BrN3O3S/c1-4-29-21(27)19-16-7-5-6-8-18(16)30-20(19)25-22(28)24-12-15-10-9-14(11-17(15)23)13-26(2)3/h9-11H,4-8,12-13H2,1-3H3,(H2,24,25,28). The number of esters is 1. The van der Waals surface area contributed by atoms with Gasteiger partial charge in [-0.3, -0.25) is 5.32 Å². The van der Waals surface area contributed by atoms with Crippen molar-refractivity contribution in [2.24, 2.45) is 0 Å². The van der Waals surface area contributed by atoms with Crippen molar-refractivity contribution >= 4 is 44.3 Å². The lowest BCUT2D eigenvalue weighted by molar-refractivity contribution is 0.0526. The molecule has 1 aromatic carbocycles. The van der Waals surface area contributed by atoms with Gasteiger partial charge in [0.15, 0.2) is 0 Å². The SMILES string of the molecule is CCOC(=O)c1c(NC(=O)NCc2ccc(CN(C)C)cc2Br)sc2c1CCCC2. The minimum Gasteiger partial charge on any atom is -0.462 e. The van der Waals surface area contributed by atoms with Crippen LogP contribution in [0.25, 0.3) is 0 Å². The maximum atomic E-state index is 12.6. The average Bonchev–Trinajstić information content (AvgIpc) is 3.04. The Morgan fingerprint density at radius 2 is 2.00 bits per heavy atom. The van der Waals surface area contributed by atoms with E-state index in [9.17, 15) is 9.59 Å². The Morgan fingerprint density at radius 3 is 2.70 bits per heavy atom. The lowest BCUT2D eigenvalue weighted by Crippen LogP contribution is -2.28. The zero-order valence-electron chi connectivity index (χ0n) is 17.6. The number of amides is 2. The Bertz CT molecular complexity index is 927. The molecule has 162 valence electrons. The molecule has 2 N–H and O–H groups in total. The van der Waals surface area contributed by atoms with E-state index in [2.05, 4.69) is 43.6 Å². The van der Waals surface area contributed by atoms with Crippen LogP contribution < -0.4 is 10.6 Å². The molecule has 0 unspecified atom stereocenters. The Balaban J connectivity index is 1.68. The summed E-state index contributed by atoms with van der Waals surface area (Å²) in [6.45, 7) is 3.34. The molecule has 1 heterocycles. The molecule has 3 rings (SSSR count). The first kappa shape index (κ1) is 22.8. The summed E-state index contributed by atoms with van der Waals surface area (Å²) >= 11 is 5.08. The fourth-order valence-electron chi connectivity index (χ4n) is 3.59. The van der Waals surface area contributed by atoms with Crippen molar-refractivity contribution in [1.29, 1.82) is 0 Å². The lowest BCUT2D eigenvalue weighted by Gasteiger charge is -2.13. The third kappa shape index (κ3) is 5.62. The highest BCUT2D eigenvalue weighted by molar-refractivity contribution is 9.10. The maximum Gasteiger partial charge on any atom is 0.341 e. The number of nitrogens with zero attached hydrogens (tertiary/aromatic N) is 1. The maximum absolute atomic E-state index is 12.6. The number of aryl methyl sites for hydroxylation is 1. The minimum atomic E-state index is -0.355. The van der Waals surface area contributed by atoms with E-state index in [-0.39, 0.29) is 12.0 Å². The fraction of sp³-hybridized carbons (Fsp3) is 0.455. The van der Waals surface area contributed by atoms with Crippen molar-refractivity contribution in [1.82, 2.24) is 10.2 Å². The molecule has 1 aliphatic rings. The number of rotatable bonds is 7. The molecule has 0 fully saturated rings. The van der Waals surface area contributed by atoms with E-state index in [0.29, 0.717) is 23.7 Å². The molecule has 2 amide bonds. The Hall–Kier alpha value is -1.90. The lowest BCUT2D eigenvalue weighted by atomic mass is 9.95. The van der Waals surface area contributed by atoms with Gasteiger partial charge in [-0.1, -0.05) is 28.1 Å². The van der Waals surface area contributed by atoms with Crippen LogP contribution in [0.2, 0.25) is 0 Å². The van der Waals surface area contributed by atoms with Gasteiger partial charge in [-0.25, -0.2) is 9.59 Å². The molecule has 2 aromatic rings. The third-order valence-electron chi connectivity index (χ3n) is 4.93. The number of carbonyl (C=O) groups is 2. The third-order valence-corrected chi connectivity index (χ3v) is 6.88. The second kappa shape index (κ2) is 10.4. The molecule has 0 spiro atoms. The predicted octanol–water partition coefficient (Wildman–Crippen LogP) is 4.95. The van der Waals surface area contributed by atoms with Gasteiger partial charge in [0.05, 0.1) is 12.2 Å². The van der Waals surface area contributed by atoms with Crippen LogP contribution in [0.1, 0.15) is 51.7 Å². The van der Waals surface area contributed by atoms with E-state index in [1.54, 1.807) is 6.92 Å². The first-order valence-electron chi connectivity index (χ1n) is 10.2. The highest BCUT2D eigenvalue weighted by Gasteiger charge is 2.27. The van der Waals surface area contributed by atoms with Crippen molar-refractivity contribution in [2.75, 3.05) is 26.0 Å². The zero-order valence-corrected chi connectivity index (χ0v) is 20.0. The van der Waals surface area contributed by atoms with Crippen molar-refractivity contribution in [3.8, 4) is 0 Å². The Morgan fingerprint density at radius 1 is 1.23 bits per heavy atom. The number of thiophene rings is 1. The fourth-order valence-corrected chi connectivity index (χ4v) is 5.43. The van der Waals surface area contributed by atoms with Gasteiger partial charge < -0.3 is 15.0 Å². The molecule has 0 radical (unpaired) electrons. The number of fused-ring (bicyclic) bond motifs is 1. The van der Waals surface area contributed by atoms with E-state index >= 15 is 0 Å². The van der Waals surface area contributed by atoms with E-state index < -0.39 is 0 Å². The highest BCUT2D eigenvalue weighted by Crippen LogP contribution is 2.38. The van der Waals surface area contributed by atoms with Crippen molar-refractivity contribution in [3.63, 3.8) is 0 Å². The summed E-state index contributed by atoms with van der Waals surface area (Å²) in [7, 11) is 4.06. The van der Waals surface area contributed by atoms with Crippen LogP contribution in [0.15, 0.2) is 22.7 Å². The van der Waals surface area contributed by atoms with Gasteiger partial charge in [-0.05, 0) is 69.5 Å². The summed E-state index contributed by atoms with van der Waals surface area (Å²) < 4.78 is 6.20. The monoisotopic (exact) mass is 493 g/mol. The van der Waals surface area contributed by atoms with Gasteiger partial charge in [-0.2, -0.15) is 0 Å². The number of hydrogen-bond acceptors (Lipinski definition) is 5. The Kier molecular flexibility index (Phi) is 7.91. The van der Waals surface area contributed by atoms with Crippen molar-refractivity contribution in [3.05, 3.63) is 49.8 Å². The van der Waals surface area contributed by atoms with Gasteiger partial charge >= 0.3 is 12.0 Å². The minimum absolute atomic E-state index is 0.312. The number of nitrogens with one attached hydrogen (secondary N) is 2. The number of urea groups is 1. The summed E-state index contributed by atoms with van der Waals surface area (Å²) in [6, 6.07) is 5.81. The van der Waals surface area contributed by atoms with Crippen LogP contribution in [-0.2, 0) is 30.7 Å². The van der Waals surface area contributed by atoms with E-state index in [1.165, 1.54) is 21.8 Å².